The molecule has 1 nitrogen and oxygen atoms in total. The fourth-order valence-corrected chi connectivity index (χ4v) is 2.19. The molecule has 0 saturated heterocycles. The summed E-state index contributed by atoms with van der Waals surface area (Å²) in [6.45, 7) is 2.25. The largest absolute Gasteiger partial charge is 0.295 e. The van der Waals surface area contributed by atoms with Crippen LogP contribution in [-0.2, 0) is 4.79 Å². The van der Waals surface area contributed by atoms with Crippen LogP contribution in [0.5, 0.6) is 0 Å². The Morgan fingerprint density at radius 1 is 1.50 bits per heavy atom. The lowest BCUT2D eigenvalue weighted by Crippen LogP contribution is -2.26. The summed E-state index contributed by atoms with van der Waals surface area (Å²) in [5.74, 6) is 1.60. The number of hydrogen-bond donors (Lipinski definition) is 0. The van der Waals surface area contributed by atoms with E-state index in [0.717, 1.165) is 24.8 Å². The molecule has 0 radical (unpaired) electrons. The van der Waals surface area contributed by atoms with Gasteiger partial charge in [0.05, 0.1) is 0 Å². The number of fused-ring (bicyclic) bond motifs is 1. The van der Waals surface area contributed by atoms with Gasteiger partial charge in [-0.1, -0.05) is 25.2 Å². The summed E-state index contributed by atoms with van der Waals surface area (Å²) in [6, 6.07) is 0. The minimum atomic E-state index is 0.377. The molecule has 0 amide bonds. The quantitative estimate of drug-likeness (QED) is 0.535. The SMILES string of the molecule is CC1CCC(=O)C2=CC=CCC21. The van der Waals surface area contributed by atoms with Crippen LogP contribution in [0, 0.1) is 11.8 Å². The fraction of sp³-hybridized carbons (Fsp3) is 0.545. The van der Waals surface area contributed by atoms with Gasteiger partial charge in [0.25, 0.3) is 0 Å². The molecule has 2 aliphatic carbocycles. The third kappa shape index (κ3) is 1.13. The molecule has 1 heteroatoms. The Morgan fingerprint density at radius 3 is 3.08 bits per heavy atom. The highest BCUT2D eigenvalue weighted by Gasteiger charge is 2.30. The summed E-state index contributed by atoms with van der Waals surface area (Å²) in [7, 11) is 0. The average molecular weight is 162 g/mol. The van der Waals surface area contributed by atoms with E-state index < -0.39 is 0 Å². The molecule has 0 bridgehead atoms. The summed E-state index contributed by atoms with van der Waals surface area (Å²) in [5, 5.41) is 0. The molecule has 1 fully saturated rings. The maximum atomic E-state index is 11.5. The van der Waals surface area contributed by atoms with Gasteiger partial charge in [0.1, 0.15) is 0 Å². The predicted octanol–water partition coefficient (Wildman–Crippen LogP) is 2.49. The lowest BCUT2D eigenvalue weighted by atomic mass is 9.73. The molecule has 2 rings (SSSR count). The van der Waals surface area contributed by atoms with Gasteiger partial charge in [0.2, 0.25) is 0 Å². The molecule has 2 aliphatic rings. The van der Waals surface area contributed by atoms with Gasteiger partial charge in [0.15, 0.2) is 5.78 Å². The van der Waals surface area contributed by atoms with E-state index in [1.54, 1.807) is 0 Å². The molecule has 2 atom stereocenters. The molecule has 0 aromatic heterocycles. The topological polar surface area (TPSA) is 17.1 Å². The first-order chi connectivity index (χ1) is 5.79. The minimum absolute atomic E-state index is 0.377. The minimum Gasteiger partial charge on any atom is -0.295 e. The summed E-state index contributed by atoms with van der Waals surface area (Å²) < 4.78 is 0. The Hall–Kier alpha value is -0.850. The number of ketones is 1. The molecule has 0 aromatic carbocycles. The lowest BCUT2D eigenvalue weighted by Gasteiger charge is -2.31. The molecule has 12 heavy (non-hydrogen) atoms. The molecule has 0 N–H and O–H groups in total. The second kappa shape index (κ2) is 2.89. The van der Waals surface area contributed by atoms with E-state index in [4.69, 9.17) is 0 Å². The zero-order chi connectivity index (χ0) is 8.55. The van der Waals surface area contributed by atoms with E-state index in [2.05, 4.69) is 13.0 Å². The molecular formula is C11H14O. The normalized spacial score (nSPS) is 34.4. The first-order valence-electron chi connectivity index (χ1n) is 4.69. The maximum absolute atomic E-state index is 11.5. The first-order valence-corrected chi connectivity index (χ1v) is 4.69. The summed E-state index contributed by atoms with van der Waals surface area (Å²) in [6.07, 6.45) is 9.10. The van der Waals surface area contributed by atoms with E-state index in [-0.39, 0.29) is 0 Å². The highest BCUT2D eigenvalue weighted by molar-refractivity contribution is 5.97. The Labute approximate surface area is 73.2 Å². The fourth-order valence-electron chi connectivity index (χ4n) is 2.19. The van der Waals surface area contributed by atoms with Crippen molar-refractivity contribution in [3.63, 3.8) is 0 Å². The van der Waals surface area contributed by atoms with Gasteiger partial charge < -0.3 is 0 Å². The van der Waals surface area contributed by atoms with Crippen molar-refractivity contribution in [3.8, 4) is 0 Å². The van der Waals surface area contributed by atoms with Gasteiger partial charge in [-0.2, -0.15) is 0 Å². The van der Waals surface area contributed by atoms with Crippen molar-refractivity contribution in [2.75, 3.05) is 0 Å². The smallest absolute Gasteiger partial charge is 0.159 e. The van der Waals surface area contributed by atoms with E-state index in [1.807, 2.05) is 12.2 Å². The van der Waals surface area contributed by atoms with Crippen LogP contribution in [0.4, 0.5) is 0 Å². The Kier molecular flexibility index (Phi) is 1.87. The third-order valence-corrected chi connectivity index (χ3v) is 3.04. The molecule has 64 valence electrons. The standard InChI is InChI=1S/C11H14O/c1-8-6-7-11(12)10-5-3-2-4-9(8)10/h2-3,5,8-9H,4,6-7H2,1H3. The summed E-state index contributed by atoms with van der Waals surface area (Å²) in [5.41, 5.74) is 1.08. The number of hydrogen-bond acceptors (Lipinski definition) is 1. The zero-order valence-corrected chi connectivity index (χ0v) is 7.42. The van der Waals surface area contributed by atoms with Crippen molar-refractivity contribution < 1.29 is 4.79 Å². The molecule has 0 aromatic rings. The Morgan fingerprint density at radius 2 is 2.33 bits per heavy atom. The van der Waals surface area contributed by atoms with Crippen LogP contribution in [0.3, 0.4) is 0 Å². The van der Waals surface area contributed by atoms with E-state index in [1.165, 1.54) is 0 Å². The molecule has 2 unspecified atom stereocenters. The van der Waals surface area contributed by atoms with Crippen LogP contribution >= 0.6 is 0 Å². The van der Waals surface area contributed by atoms with Crippen LogP contribution in [0.2, 0.25) is 0 Å². The highest BCUT2D eigenvalue weighted by atomic mass is 16.1. The van der Waals surface area contributed by atoms with Crippen LogP contribution in [0.1, 0.15) is 26.2 Å². The van der Waals surface area contributed by atoms with E-state index in [0.29, 0.717) is 17.6 Å². The molecule has 0 heterocycles. The van der Waals surface area contributed by atoms with Crippen LogP contribution in [-0.4, -0.2) is 5.78 Å². The number of carbonyl (C=O) groups excluding carboxylic acids is 1. The predicted molar refractivity (Wildman–Crippen MR) is 48.7 cm³/mol. The van der Waals surface area contributed by atoms with Gasteiger partial charge in [0, 0.05) is 6.42 Å². The van der Waals surface area contributed by atoms with Crippen LogP contribution in [0.25, 0.3) is 0 Å². The number of carbonyl (C=O) groups is 1. The van der Waals surface area contributed by atoms with E-state index in [9.17, 15) is 4.79 Å². The first kappa shape index (κ1) is 7.78. The monoisotopic (exact) mass is 162 g/mol. The lowest BCUT2D eigenvalue weighted by molar-refractivity contribution is -0.117. The highest BCUT2D eigenvalue weighted by Crippen LogP contribution is 2.36. The molecule has 0 spiro atoms. The van der Waals surface area contributed by atoms with Crippen molar-refractivity contribution in [2.24, 2.45) is 11.8 Å². The van der Waals surface area contributed by atoms with Gasteiger partial charge in [-0.05, 0) is 30.3 Å². The van der Waals surface area contributed by atoms with Crippen molar-refractivity contribution in [2.45, 2.75) is 26.2 Å². The second-order valence-electron chi connectivity index (χ2n) is 3.83. The number of allylic oxidation sites excluding steroid dienone is 4. The number of Topliss-reactive ketones (excluding diaryl/α,β-unsaturated/α-hetero) is 1. The van der Waals surface area contributed by atoms with Crippen molar-refractivity contribution in [3.05, 3.63) is 23.8 Å². The summed E-state index contributed by atoms with van der Waals surface area (Å²) >= 11 is 0. The zero-order valence-electron chi connectivity index (χ0n) is 7.42. The van der Waals surface area contributed by atoms with Gasteiger partial charge in [-0.25, -0.2) is 0 Å². The van der Waals surface area contributed by atoms with Crippen LogP contribution in [0.15, 0.2) is 23.8 Å². The Balaban J connectivity index is 2.29. The maximum Gasteiger partial charge on any atom is 0.159 e. The Bertz CT molecular complexity index is 260. The van der Waals surface area contributed by atoms with Crippen LogP contribution < -0.4 is 0 Å². The van der Waals surface area contributed by atoms with Crippen molar-refractivity contribution in [1.82, 2.24) is 0 Å². The molecule has 1 saturated carbocycles. The summed E-state index contributed by atoms with van der Waals surface area (Å²) in [4.78, 5) is 11.5. The molecule has 0 aliphatic heterocycles. The number of rotatable bonds is 0. The van der Waals surface area contributed by atoms with Crippen molar-refractivity contribution in [1.29, 1.82) is 0 Å². The van der Waals surface area contributed by atoms with Crippen molar-refractivity contribution >= 4 is 5.78 Å². The van der Waals surface area contributed by atoms with Gasteiger partial charge in [-0.15, -0.1) is 0 Å². The molecular weight excluding hydrogens is 148 g/mol. The van der Waals surface area contributed by atoms with E-state index >= 15 is 0 Å². The second-order valence-corrected chi connectivity index (χ2v) is 3.83. The van der Waals surface area contributed by atoms with Gasteiger partial charge in [-0.3, -0.25) is 4.79 Å². The average Bonchev–Trinajstić information content (AvgIpc) is 2.12. The van der Waals surface area contributed by atoms with Gasteiger partial charge >= 0.3 is 0 Å². The third-order valence-electron chi connectivity index (χ3n) is 3.04.